The van der Waals surface area contributed by atoms with Gasteiger partial charge >= 0.3 is 179 Å². The Kier molecular flexibility index (Phi) is 5.95. The quantitative estimate of drug-likeness (QED) is 0.506. The zero-order valence-electron chi connectivity index (χ0n) is 17.3. The first-order valence-corrected chi connectivity index (χ1v) is 15.9. The summed E-state index contributed by atoms with van der Waals surface area (Å²) in [7, 11) is 0. The van der Waals surface area contributed by atoms with E-state index in [-0.39, 0.29) is 6.10 Å². The average Bonchev–Trinajstić information content (AvgIpc) is 3.13. The average molecular weight is 491 g/mol. The Labute approximate surface area is 178 Å². The van der Waals surface area contributed by atoms with Crippen molar-refractivity contribution in [3.63, 3.8) is 0 Å². The van der Waals surface area contributed by atoms with Gasteiger partial charge in [0.25, 0.3) is 0 Å². The molecule has 0 amide bonds. The molecule has 148 valence electrons. The standard InChI is InChI=1S/C8H13O2.3C6H5.Sn/c1-4-5-7-6-9-8(2,3)10-7;3*1-2-4-6-5-3-1;/h4,7H,6H2,1-3H3;3*1-5H;/t7-;;;;/m0..../s1. The van der Waals surface area contributed by atoms with Gasteiger partial charge in [-0.3, -0.25) is 0 Å². The summed E-state index contributed by atoms with van der Waals surface area (Å²) < 4.78 is 18.1. The van der Waals surface area contributed by atoms with Crippen LogP contribution in [0.15, 0.2) is 101 Å². The maximum atomic E-state index is 6.43. The Hall–Kier alpha value is -1.88. The minimum absolute atomic E-state index is 0.0357. The van der Waals surface area contributed by atoms with Crippen LogP contribution in [0.25, 0.3) is 0 Å². The molecular formula is C26H28O2Sn. The topological polar surface area (TPSA) is 18.5 Å². The van der Waals surface area contributed by atoms with Crippen LogP contribution in [-0.4, -0.2) is 36.9 Å². The molecule has 1 aliphatic heterocycles. The first kappa shape index (κ1) is 20.4. The van der Waals surface area contributed by atoms with E-state index in [0.717, 1.165) is 0 Å². The Morgan fingerprint density at radius 3 is 1.52 bits per heavy atom. The molecule has 0 N–H and O–H groups in total. The second kappa shape index (κ2) is 8.47. The van der Waals surface area contributed by atoms with E-state index < -0.39 is 24.2 Å². The van der Waals surface area contributed by atoms with Gasteiger partial charge in [-0.15, -0.1) is 0 Å². The Bertz CT molecular complexity index is 869. The van der Waals surface area contributed by atoms with Crippen molar-refractivity contribution in [3.8, 4) is 0 Å². The molecule has 0 aliphatic carbocycles. The van der Waals surface area contributed by atoms with Crippen molar-refractivity contribution in [1.29, 1.82) is 0 Å². The van der Waals surface area contributed by atoms with Crippen LogP contribution in [0.5, 0.6) is 0 Å². The van der Waals surface area contributed by atoms with Crippen LogP contribution in [0, 0.1) is 0 Å². The fourth-order valence-electron chi connectivity index (χ4n) is 4.55. The maximum absolute atomic E-state index is 6.43. The summed E-state index contributed by atoms with van der Waals surface area (Å²) >= 11 is -3.58. The van der Waals surface area contributed by atoms with E-state index in [4.69, 9.17) is 9.47 Å². The molecule has 0 saturated carbocycles. The molecule has 29 heavy (non-hydrogen) atoms. The predicted molar refractivity (Wildman–Crippen MR) is 123 cm³/mol. The molecule has 0 unspecified atom stereocenters. The number of allylic oxidation sites excluding steroid dienone is 1. The SMILES string of the molecule is C/C=[C](\[C@H]1COC(C)(C)O1)[Sn]([c]1ccccc1)([c]1ccccc1)[c]1ccccc1. The molecule has 0 aromatic heterocycles. The summed E-state index contributed by atoms with van der Waals surface area (Å²) in [5.41, 5.74) is 0. The molecule has 3 heteroatoms. The Morgan fingerprint density at radius 2 is 1.21 bits per heavy atom. The van der Waals surface area contributed by atoms with Crippen molar-refractivity contribution < 1.29 is 9.47 Å². The van der Waals surface area contributed by atoms with E-state index in [0.29, 0.717) is 6.61 Å². The van der Waals surface area contributed by atoms with Crippen molar-refractivity contribution in [1.82, 2.24) is 0 Å². The van der Waals surface area contributed by atoms with Crippen molar-refractivity contribution in [2.45, 2.75) is 32.7 Å². The molecule has 1 atom stereocenters. The summed E-state index contributed by atoms with van der Waals surface area (Å²) in [6.45, 7) is 6.76. The molecule has 3 aromatic rings. The number of hydrogen-bond acceptors (Lipinski definition) is 2. The molecule has 0 spiro atoms. The van der Waals surface area contributed by atoms with Gasteiger partial charge in [0.2, 0.25) is 0 Å². The van der Waals surface area contributed by atoms with E-state index in [1.54, 1.807) is 0 Å². The molecule has 4 rings (SSSR count). The number of ether oxygens (including phenoxy) is 2. The summed E-state index contributed by atoms with van der Waals surface area (Å²) in [5.74, 6) is -0.555. The van der Waals surface area contributed by atoms with E-state index >= 15 is 0 Å². The predicted octanol–water partition coefficient (Wildman–Crippen LogP) is 3.79. The first-order valence-electron chi connectivity index (χ1n) is 10.2. The van der Waals surface area contributed by atoms with Crippen molar-refractivity contribution in [2.24, 2.45) is 0 Å². The van der Waals surface area contributed by atoms with Crippen LogP contribution in [0.4, 0.5) is 0 Å². The van der Waals surface area contributed by atoms with Gasteiger partial charge in [0.05, 0.1) is 0 Å². The molecule has 2 nitrogen and oxygen atoms in total. The van der Waals surface area contributed by atoms with Gasteiger partial charge in [0.1, 0.15) is 0 Å². The van der Waals surface area contributed by atoms with Gasteiger partial charge in [-0.2, -0.15) is 0 Å². The van der Waals surface area contributed by atoms with Crippen LogP contribution >= 0.6 is 0 Å². The molecule has 1 aliphatic rings. The first-order chi connectivity index (χ1) is 14.1. The third kappa shape index (κ3) is 3.81. The summed E-state index contributed by atoms with van der Waals surface area (Å²) in [6, 6.07) is 33.1. The molecule has 1 fully saturated rings. The van der Waals surface area contributed by atoms with Crippen LogP contribution in [-0.2, 0) is 9.47 Å². The zero-order valence-corrected chi connectivity index (χ0v) is 20.2. The number of rotatable bonds is 5. The Morgan fingerprint density at radius 1 is 0.793 bits per heavy atom. The molecule has 0 bridgehead atoms. The van der Waals surface area contributed by atoms with E-state index in [1.165, 1.54) is 14.3 Å². The third-order valence-corrected chi connectivity index (χ3v) is 20.2. The molecule has 1 heterocycles. The van der Waals surface area contributed by atoms with Gasteiger partial charge in [0.15, 0.2) is 0 Å². The normalized spacial score (nSPS) is 19.3. The number of hydrogen-bond donors (Lipinski definition) is 0. The Balaban J connectivity index is 2.03. The molecule has 1 saturated heterocycles. The van der Waals surface area contributed by atoms with E-state index in [1.807, 2.05) is 13.8 Å². The van der Waals surface area contributed by atoms with Gasteiger partial charge < -0.3 is 0 Å². The second-order valence-electron chi connectivity index (χ2n) is 7.91. The van der Waals surface area contributed by atoms with Gasteiger partial charge in [-0.05, 0) is 0 Å². The van der Waals surface area contributed by atoms with Crippen LogP contribution < -0.4 is 10.7 Å². The fourth-order valence-corrected chi connectivity index (χ4v) is 19.2. The fraction of sp³-hybridized carbons (Fsp3) is 0.231. The minimum atomic E-state index is -3.58. The van der Waals surface area contributed by atoms with Crippen molar-refractivity contribution >= 4 is 29.1 Å². The van der Waals surface area contributed by atoms with Crippen molar-refractivity contribution in [3.05, 3.63) is 101 Å². The summed E-state index contributed by atoms with van der Waals surface area (Å²) in [4.78, 5) is 0. The third-order valence-electron chi connectivity index (χ3n) is 5.72. The molecule has 3 aromatic carbocycles. The van der Waals surface area contributed by atoms with Crippen molar-refractivity contribution in [2.75, 3.05) is 6.61 Å². The summed E-state index contributed by atoms with van der Waals surface area (Å²) in [6.07, 6.45) is 2.27. The van der Waals surface area contributed by atoms with Crippen LogP contribution in [0.1, 0.15) is 20.8 Å². The van der Waals surface area contributed by atoms with E-state index in [9.17, 15) is 0 Å². The molecular weight excluding hydrogens is 463 g/mol. The van der Waals surface area contributed by atoms with Crippen LogP contribution in [0.2, 0.25) is 0 Å². The number of benzene rings is 3. The van der Waals surface area contributed by atoms with Gasteiger partial charge in [-0.25, -0.2) is 0 Å². The monoisotopic (exact) mass is 492 g/mol. The zero-order chi connectivity index (χ0) is 20.3. The van der Waals surface area contributed by atoms with Gasteiger partial charge in [-0.1, -0.05) is 0 Å². The van der Waals surface area contributed by atoms with Gasteiger partial charge in [0, 0.05) is 0 Å². The van der Waals surface area contributed by atoms with E-state index in [2.05, 4.69) is 104 Å². The van der Waals surface area contributed by atoms with Crippen LogP contribution in [0.3, 0.4) is 0 Å². The molecule has 0 radical (unpaired) electrons. The summed E-state index contributed by atoms with van der Waals surface area (Å²) in [5, 5.41) is 0. The second-order valence-corrected chi connectivity index (χ2v) is 18.8.